The van der Waals surface area contributed by atoms with Gasteiger partial charge in [0.05, 0.1) is 34.2 Å². The van der Waals surface area contributed by atoms with Crippen LogP contribution in [0.1, 0.15) is 56.6 Å². The van der Waals surface area contributed by atoms with Crippen molar-refractivity contribution in [2.24, 2.45) is 0 Å². The van der Waals surface area contributed by atoms with Crippen LogP contribution in [0.2, 0.25) is 0 Å². The summed E-state index contributed by atoms with van der Waals surface area (Å²) in [7, 11) is 0. The van der Waals surface area contributed by atoms with E-state index in [2.05, 4.69) is 4.98 Å². The Kier molecular flexibility index (Phi) is 6.12. The Morgan fingerprint density at radius 1 is 1.08 bits per heavy atom. The highest BCUT2D eigenvalue weighted by Gasteiger charge is 2.45. The largest absolute Gasteiger partial charge is 0.478 e. The highest BCUT2D eigenvalue weighted by molar-refractivity contribution is 6.10. The number of amides is 2. The van der Waals surface area contributed by atoms with E-state index in [0.29, 0.717) is 25.5 Å². The van der Waals surface area contributed by atoms with Gasteiger partial charge in [-0.3, -0.25) is 14.6 Å². The lowest BCUT2D eigenvalue weighted by Gasteiger charge is -2.20. The van der Waals surface area contributed by atoms with Crippen LogP contribution < -0.4 is 5.32 Å². The lowest BCUT2D eigenvalue weighted by atomic mass is 9.92. The van der Waals surface area contributed by atoms with Gasteiger partial charge in [0, 0.05) is 24.6 Å². The zero-order valence-electron chi connectivity index (χ0n) is 19.4. The first-order valence-corrected chi connectivity index (χ1v) is 11.5. The summed E-state index contributed by atoms with van der Waals surface area (Å²) >= 11 is 0. The summed E-state index contributed by atoms with van der Waals surface area (Å²) in [6.45, 7) is 0.392. The number of halogens is 5. The van der Waals surface area contributed by atoms with E-state index in [9.17, 15) is 41.4 Å². The van der Waals surface area contributed by atoms with Crippen LogP contribution in [-0.2, 0) is 11.2 Å². The van der Waals surface area contributed by atoms with Gasteiger partial charge in [0.2, 0.25) is 0 Å². The molecule has 196 valence electrons. The minimum Gasteiger partial charge on any atom is -0.478 e. The first-order chi connectivity index (χ1) is 18.0. The molecule has 0 bridgehead atoms. The third-order valence-electron chi connectivity index (χ3n) is 6.63. The van der Waals surface area contributed by atoms with Crippen LogP contribution in [-0.4, -0.2) is 45.5 Å². The van der Waals surface area contributed by atoms with Crippen LogP contribution in [0.15, 0.2) is 42.5 Å². The lowest BCUT2D eigenvalue weighted by Crippen LogP contribution is -2.31. The zero-order valence-corrected chi connectivity index (χ0v) is 19.4. The number of hydrogen-bond acceptors (Lipinski definition) is 4. The van der Waals surface area contributed by atoms with Crippen molar-refractivity contribution in [1.82, 2.24) is 9.88 Å². The Morgan fingerprint density at radius 3 is 2.42 bits per heavy atom. The summed E-state index contributed by atoms with van der Waals surface area (Å²) in [4.78, 5) is 42.8. The van der Waals surface area contributed by atoms with Gasteiger partial charge in [-0.25, -0.2) is 13.6 Å². The topological polar surface area (TPSA) is 99.6 Å². The lowest BCUT2D eigenvalue weighted by molar-refractivity contribution is -0.167. The summed E-state index contributed by atoms with van der Waals surface area (Å²) in [5.41, 5.74) is -0.506. The minimum absolute atomic E-state index is 0.0152. The smallest absolute Gasteiger partial charge is 0.471 e. The molecule has 2 aromatic carbocycles. The van der Waals surface area contributed by atoms with Crippen molar-refractivity contribution in [2.45, 2.75) is 31.5 Å². The van der Waals surface area contributed by atoms with Crippen molar-refractivity contribution >= 4 is 23.5 Å². The number of nitrogens with one attached hydrogen (secondary N) is 1. The molecule has 1 aromatic heterocycles. The van der Waals surface area contributed by atoms with Crippen molar-refractivity contribution in [2.75, 3.05) is 11.9 Å². The van der Waals surface area contributed by atoms with Crippen molar-refractivity contribution in [3.63, 3.8) is 0 Å². The fraction of sp³-hybridized carbons (Fsp3) is 0.231. The molecule has 1 saturated heterocycles. The van der Waals surface area contributed by atoms with Gasteiger partial charge in [-0.2, -0.15) is 13.2 Å². The Bertz CT molecular complexity index is 1490. The quantitative estimate of drug-likeness (QED) is 0.446. The number of carboxylic acids is 1. The molecule has 2 aliphatic rings. The van der Waals surface area contributed by atoms with Gasteiger partial charge < -0.3 is 15.3 Å². The number of pyridine rings is 1. The number of carboxylic acid groups (broad SMARTS) is 1. The Balaban J connectivity index is 1.78. The molecule has 1 atom stereocenters. The van der Waals surface area contributed by atoms with Crippen LogP contribution >= 0.6 is 0 Å². The fourth-order valence-corrected chi connectivity index (χ4v) is 4.91. The zero-order chi connectivity index (χ0) is 27.4. The van der Waals surface area contributed by atoms with E-state index < -0.39 is 53.7 Å². The maximum atomic E-state index is 14.6. The van der Waals surface area contributed by atoms with E-state index in [1.807, 2.05) is 5.32 Å². The highest BCUT2D eigenvalue weighted by Crippen LogP contribution is 2.47. The molecule has 2 aliphatic heterocycles. The van der Waals surface area contributed by atoms with Gasteiger partial charge in [0.15, 0.2) is 0 Å². The van der Waals surface area contributed by atoms with E-state index >= 15 is 0 Å². The molecule has 0 saturated carbocycles. The van der Waals surface area contributed by atoms with Crippen LogP contribution in [0.25, 0.3) is 11.1 Å². The number of rotatable bonds is 5. The number of benzene rings is 2. The molecule has 5 rings (SSSR count). The van der Waals surface area contributed by atoms with Gasteiger partial charge in [-0.1, -0.05) is 18.2 Å². The number of carbonyl (C=O) groups excluding carboxylic acids is 2. The molecule has 12 heteroatoms. The molecule has 1 fully saturated rings. The maximum Gasteiger partial charge on any atom is 0.471 e. The van der Waals surface area contributed by atoms with Crippen molar-refractivity contribution < 1.29 is 41.4 Å². The third kappa shape index (κ3) is 4.35. The summed E-state index contributed by atoms with van der Waals surface area (Å²) in [5, 5.41) is 11.1. The summed E-state index contributed by atoms with van der Waals surface area (Å²) in [6, 6.07) is 7.28. The van der Waals surface area contributed by atoms with Gasteiger partial charge in [0.1, 0.15) is 11.6 Å². The SMILES string of the molecule is O=C(O)c1ccc(-c2c(NC(=O)C(F)(F)F)c(Cc3ccc(F)cc3F)nc3c2C(=O)N2CCC[C@@H]32)cc1. The van der Waals surface area contributed by atoms with Crippen molar-refractivity contribution in [3.8, 4) is 11.1 Å². The average molecular weight is 531 g/mol. The second-order valence-corrected chi connectivity index (χ2v) is 8.97. The number of nitrogens with zero attached hydrogens (tertiary/aromatic N) is 2. The number of anilines is 1. The van der Waals surface area contributed by atoms with E-state index in [1.165, 1.54) is 29.2 Å². The van der Waals surface area contributed by atoms with Crippen LogP contribution in [0.3, 0.4) is 0 Å². The van der Waals surface area contributed by atoms with Gasteiger partial charge >= 0.3 is 18.1 Å². The Hall–Kier alpha value is -4.35. The molecule has 0 radical (unpaired) electrons. The molecule has 3 heterocycles. The Labute approximate surface area is 211 Å². The fourth-order valence-electron chi connectivity index (χ4n) is 4.91. The normalized spacial score (nSPS) is 16.4. The van der Waals surface area contributed by atoms with E-state index in [1.54, 1.807) is 0 Å². The summed E-state index contributed by atoms with van der Waals surface area (Å²) in [6.07, 6.45) is -4.50. The van der Waals surface area contributed by atoms with E-state index in [4.69, 9.17) is 0 Å². The van der Waals surface area contributed by atoms with Crippen LogP contribution in [0, 0.1) is 11.6 Å². The number of carbonyl (C=O) groups is 3. The molecule has 0 unspecified atom stereocenters. The van der Waals surface area contributed by atoms with Gasteiger partial charge in [-0.15, -0.1) is 0 Å². The number of aromatic nitrogens is 1. The van der Waals surface area contributed by atoms with Gasteiger partial charge in [-0.05, 0) is 42.2 Å². The first-order valence-electron chi connectivity index (χ1n) is 11.5. The number of fused-ring (bicyclic) bond motifs is 3. The van der Waals surface area contributed by atoms with E-state index in [-0.39, 0.29) is 39.2 Å². The Morgan fingerprint density at radius 2 is 1.79 bits per heavy atom. The predicted octanol–water partition coefficient (Wildman–Crippen LogP) is 5.11. The molecular weight excluding hydrogens is 513 g/mol. The number of hydrogen-bond donors (Lipinski definition) is 2. The molecule has 2 amide bonds. The second-order valence-electron chi connectivity index (χ2n) is 8.97. The third-order valence-corrected chi connectivity index (χ3v) is 6.63. The van der Waals surface area contributed by atoms with Crippen LogP contribution in [0.5, 0.6) is 0 Å². The second kappa shape index (κ2) is 9.19. The van der Waals surface area contributed by atoms with Crippen molar-refractivity contribution in [3.05, 3.63) is 82.2 Å². The standard InChI is InChI=1S/C26H18F5N3O4/c27-15-8-7-14(16(28)11-15)10-17-21(33-25(38)26(29,30)31)19(12-3-5-13(6-4-12)24(36)37)20-22(32-17)18-2-1-9-34(18)23(20)35/h3-8,11,18H,1-2,9-10H2,(H,33,38)(H,36,37)/t18-/m0/s1. The number of aromatic carboxylic acids is 1. The predicted molar refractivity (Wildman–Crippen MR) is 123 cm³/mol. The monoisotopic (exact) mass is 531 g/mol. The maximum absolute atomic E-state index is 14.6. The molecule has 2 N–H and O–H groups in total. The van der Waals surface area contributed by atoms with Crippen molar-refractivity contribution in [1.29, 1.82) is 0 Å². The molecule has 0 spiro atoms. The molecule has 3 aromatic rings. The highest BCUT2D eigenvalue weighted by atomic mass is 19.4. The minimum atomic E-state index is -5.30. The molecule has 0 aliphatic carbocycles. The van der Waals surface area contributed by atoms with E-state index in [0.717, 1.165) is 12.1 Å². The summed E-state index contributed by atoms with van der Waals surface area (Å²) in [5.74, 6) is -5.90. The molecule has 7 nitrogen and oxygen atoms in total. The number of alkyl halides is 3. The van der Waals surface area contributed by atoms with Crippen LogP contribution in [0.4, 0.5) is 27.6 Å². The average Bonchev–Trinajstić information content (AvgIpc) is 3.43. The first kappa shape index (κ1) is 25.3. The van der Waals surface area contributed by atoms with Gasteiger partial charge in [0.25, 0.3) is 5.91 Å². The molecular formula is C26H18F5N3O4. The molecule has 38 heavy (non-hydrogen) atoms. The summed E-state index contributed by atoms with van der Waals surface area (Å²) < 4.78 is 68.1.